The topological polar surface area (TPSA) is 131 Å². The largest absolute Gasteiger partial charge is 0.472 e. The Bertz CT molecular complexity index is 979. The van der Waals surface area contributed by atoms with E-state index >= 15 is 0 Å². The zero-order valence-electron chi connectivity index (χ0n) is 39.0. The lowest BCUT2D eigenvalue weighted by atomic mass is 10.0. The number of hydrogen-bond donors (Lipinski definition) is 4. The third kappa shape index (κ3) is 44.8. The number of carbonyl (C=O) groups excluding carboxylic acids is 1. The number of phosphoric ester groups is 1. The molecule has 0 aromatic carbocycles. The van der Waals surface area contributed by atoms with Crippen molar-refractivity contribution in [3.63, 3.8) is 0 Å². The van der Waals surface area contributed by atoms with Gasteiger partial charge >= 0.3 is 7.82 Å². The van der Waals surface area contributed by atoms with Gasteiger partial charge in [0, 0.05) is 13.0 Å². The van der Waals surface area contributed by atoms with E-state index in [-0.39, 0.29) is 25.7 Å². The maximum Gasteiger partial charge on any atom is 0.472 e. The van der Waals surface area contributed by atoms with Crippen LogP contribution in [0.4, 0.5) is 0 Å². The number of carbonyl (C=O) groups is 1. The molecule has 0 radical (unpaired) electrons. The van der Waals surface area contributed by atoms with Gasteiger partial charge in [-0.3, -0.25) is 13.8 Å². The summed E-state index contributed by atoms with van der Waals surface area (Å²) < 4.78 is 22.2. The monoisotopic (exact) mass is 855 g/mol. The van der Waals surface area contributed by atoms with Crippen LogP contribution in [0.15, 0.2) is 24.3 Å². The van der Waals surface area contributed by atoms with E-state index in [0.29, 0.717) is 6.42 Å². The molecule has 9 heteroatoms. The van der Waals surface area contributed by atoms with E-state index in [1.807, 2.05) is 6.08 Å². The van der Waals surface area contributed by atoms with Gasteiger partial charge in [0.25, 0.3) is 0 Å². The van der Waals surface area contributed by atoms with Gasteiger partial charge in [-0.2, -0.15) is 0 Å². The number of unbranched alkanes of at least 4 members (excludes halogenated alkanes) is 34. The summed E-state index contributed by atoms with van der Waals surface area (Å²) in [4.78, 5) is 22.8. The maximum atomic E-state index is 12.8. The number of aliphatic hydroxyl groups is 1. The van der Waals surface area contributed by atoms with Crippen LogP contribution in [0.1, 0.15) is 258 Å². The van der Waals surface area contributed by atoms with Gasteiger partial charge in [0.05, 0.1) is 25.4 Å². The predicted octanol–water partition coefficient (Wildman–Crippen LogP) is 14.9. The van der Waals surface area contributed by atoms with Crippen LogP contribution < -0.4 is 11.1 Å². The lowest BCUT2D eigenvalue weighted by molar-refractivity contribution is -0.123. The summed E-state index contributed by atoms with van der Waals surface area (Å²) in [6.07, 6.45) is 55.2. The van der Waals surface area contributed by atoms with Gasteiger partial charge in [-0.15, -0.1) is 0 Å². The molecule has 0 bridgehead atoms. The van der Waals surface area contributed by atoms with E-state index in [2.05, 4.69) is 31.3 Å². The van der Waals surface area contributed by atoms with Crippen molar-refractivity contribution in [2.45, 2.75) is 270 Å². The Hall–Kier alpha value is -1.02. The average molecular weight is 855 g/mol. The SMILES string of the molecule is CCCCCCCCCC/C=C\CCCCCCCCCCCCCC(=O)NC(COP(=O)(O)OCCN)C(O)/C=C/CCCCCCCCCCCCCCCCC. The highest BCUT2D eigenvalue weighted by molar-refractivity contribution is 7.47. The summed E-state index contributed by atoms with van der Waals surface area (Å²) in [5.74, 6) is -0.192. The summed E-state index contributed by atoms with van der Waals surface area (Å²) in [5, 5.41) is 13.7. The quantitative estimate of drug-likeness (QED) is 0.0272. The van der Waals surface area contributed by atoms with Crippen molar-refractivity contribution in [3.05, 3.63) is 24.3 Å². The molecule has 8 nitrogen and oxygen atoms in total. The lowest BCUT2D eigenvalue weighted by Crippen LogP contribution is -2.45. The predicted molar refractivity (Wildman–Crippen MR) is 254 cm³/mol. The summed E-state index contributed by atoms with van der Waals surface area (Å²) in [6.45, 7) is 4.17. The molecule has 0 rings (SSSR count). The molecule has 1 amide bonds. The maximum absolute atomic E-state index is 12.8. The van der Waals surface area contributed by atoms with Gasteiger partial charge in [-0.1, -0.05) is 231 Å². The zero-order chi connectivity index (χ0) is 43.2. The first-order valence-corrected chi connectivity index (χ1v) is 27.0. The Morgan fingerprint density at radius 2 is 0.881 bits per heavy atom. The average Bonchev–Trinajstić information content (AvgIpc) is 3.22. The Kier molecular flexibility index (Phi) is 45.7. The van der Waals surface area contributed by atoms with Crippen LogP contribution in [0, 0.1) is 0 Å². The number of nitrogens with one attached hydrogen (secondary N) is 1. The fourth-order valence-electron chi connectivity index (χ4n) is 7.66. The van der Waals surface area contributed by atoms with E-state index in [1.165, 1.54) is 199 Å². The molecule has 59 heavy (non-hydrogen) atoms. The summed E-state index contributed by atoms with van der Waals surface area (Å²) >= 11 is 0. The molecule has 3 unspecified atom stereocenters. The second kappa shape index (κ2) is 46.5. The molecule has 0 aromatic rings. The number of nitrogens with two attached hydrogens (primary N) is 1. The van der Waals surface area contributed by atoms with Crippen molar-refractivity contribution >= 4 is 13.7 Å². The number of rotatable bonds is 48. The Labute approximate surface area is 366 Å². The van der Waals surface area contributed by atoms with Crippen molar-refractivity contribution in [3.8, 4) is 0 Å². The molecule has 3 atom stereocenters. The standard InChI is InChI=1S/C50H99N2O6P/c1-3-5-7-9-11-13-15-17-19-21-22-23-24-25-26-28-30-32-34-36-38-40-42-44-50(54)52-48(47-58-59(55,56)57-46-45-51)49(53)43-41-39-37-35-33-31-29-27-20-18-16-14-12-10-8-6-4-2/h21-22,41,43,48-49,53H,3-20,23-40,42,44-47,51H2,1-2H3,(H,52,54)(H,55,56)/b22-21-,43-41+. The van der Waals surface area contributed by atoms with Crippen molar-refractivity contribution in [1.29, 1.82) is 0 Å². The highest BCUT2D eigenvalue weighted by atomic mass is 31.2. The molecule has 0 aliphatic rings. The highest BCUT2D eigenvalue weighted by Crippen LogP contribution is 2.43. The zero-order valence-corrected chi connectivity index (χ0v) is 39.9. The number of amides is 1. The van der Waals surface area contributed by atoms with Crippen LogP contribution in [0.25, 0.3) is 0 Å². The van der Waals surface area contributed by atoms with Gasteiger partial charge in [0.15, 0.2) is 0 Å². The smallest absolute Gasteiger partial charge is 0.387 e. The Morgan fingerprint density at radius 3 is 1.25 bits per heavy atom. The number of aliphatic hydroxyl groups excluding tert-OH is 1. The molecule has 0 aliphatic carbocycles. The van der Waals surface area contributed by atoms with Gasteiger partial charge in [-0.05, 0) is 44.9 Å². The minimum absolute atomic E-state index is 0.0798. The molecule has 0 saturated carbocycles. The third-order valence-electron chi connectivity index (χ3n) is 11.5. The van der Waals surface area contributed by atoms with Gasteiger partial charge in [0.2, 0.25) is 5.91 Å². The van der Waals surface area contributed by atoms with E-state index < -0.39 is 20.0 Å². The molecule has 0 fully saturated rings. The summed E-state index contributed by atoms with van der Waals surface area (Å²) in [5.41, 5.74) is 5.39. The molecular formula is C50H99N2O6P. The van der Waals surface area contributed by atoms with Gasteiger partial charge in [-0.25, -0.2) is 4.57 Å². The molecular weight excluding hydrogens is 756 g/mol. The van der Waals surface area contributed by atoms with E-state index in [9.17, 15) is 19.4 Å². The van der Waals surface area contributed by atoms with Crippen molar-refractivity contribution in [2.75, 3.05) is 19.8 Å². The van der Waals surface area contributed by atoms with E-state index in [4.69, 9.17) is 14.8 Å². The van der Waals surface area contributed by atoms with E-state index in [1.54, 1.807) is 6.08 Å². The van der Waals surface area contributed by atoms with Crippen LogP contribution >= 0.6 is 7.82 Å². The molecule has 0 aromatic heterocycles. The second-order valence-electron chi connectivity index (χ2n) is 17.4. The lowest BCUT2D eigenvalue weighted by Gasteiger charge is -2.23. The molecule has 0 spiro atoms. The van der Waals surface area contributed by atoms with Crippen molar-refractivity contribution < 1.29 is 28.4 Å². The fourth-order valence-corrected chi connectivity index (χ4v) is 8.42. The van der Waals surface area contributed by atoms with Crippen molar-refractivity contribution in [2.24, 2.45) is 5.73 Å². The first kappa shape index (κ1) is 58.0. The molecule has 350 valence electrons. The fraction of sp³-hybridized carbons (Fsp3) is 0.900. The highest BCUT2D eigenvalue weighted by Gasteiger charge is 2.26. The third-order valence-corrected chi connectivity index (χ3v) is 12.5. The molecule has 5 N–H and O–H groups in total. The Morgan fingerprint density at radius 1 is 0.542 bits per heavy atom. The number of allylic oxidation sites excluding steroid dienone is 3. The summed E-state index contributed by atoms with van der Waals surface area (Å²) in [6, 6.07) is -0.859. The minimum Gasteiger partial charge on any atom is -0.387 e. The summed E-state index contributed by atoms with van der Waals surface area (Å²) in [7, 11) is -4.34. The Balaban J connectivity index is 4.07. The molecule has 0 saturated heterocycles. The number of phosphoric acid groups is 1. The van der Waals surface area contributed by atoms with Crippen LogP contribution in [0.2, 0.25) is 0 Å². The normalized spacial score (nSPS) is 14.1. The second-order valence-corrected chi connectivity index (χ2v) is 18.8. The molecule has 0 aliphatic heterocycles. The van der Waals surface area contributed by atoms with Crippen LogP contribution in [-0.4, -0.2) is 47.8 Å². The van der Waals surface area contributed by atoms with Gasteiger partial charge in [0.1, 0.15) is 0 Å². The van der Waals surface area contributed by atoms with Crippen molar-refractivity contribution in [1.82, 2.24) is 5.32 Å². The number of hydrogen-bond acceptors (Lipinski definition) is 6. The van der Waals surface area contributed by atoms with Crippen LogP contribution in [0.5, 0.6) is 0 Å². The first-order chi connectivity index (χ1) is 28.9. The van der Waals surface area contributed by atoms with Crippen LogP contribution in [-0.2, 0) is 18.4 Å². The van der Waals surface area contributed by atoms with Crippen LogP contribution in [0.3, 0.4) is 0 Å². The molecule has 0 heterocycles. The van der Waals surface area contributed by atoms with Gasteiger partial charge < -0.3 is 21.1 Å². The minimum atomic E-state index is -4.34. The first-order valence-electron chi connectivity index (χ1n) is 25.5. The van der Waals surface area contributed by atoms with E-state index in [0.717, 1.165) is 38.5 Å².